The predicted octanol–water partition coefficient (Wildman–Crippen LogP) is 6.73. The zero-order valence-corrected chi connectivity index (χ0v) is 20.4. The van der Waals surface area contributed by atoms with Crippen LogP contribution in [0.2, 0.25) is 0 Å². The number of hydrogen-bond donors (Lipinski definition) is 0. The highest BCUT2D eigenvalue weighted by atomic mass is 19.1. The minimum Gasteiger partial charge on any atom is -0.318 e. The molecule has 5 nitrogen and oxygen atoms in total. The molecular formula is C30H27FN2O3. The van der Waals surface area contributed by atoms with Crippen LogP contribution in [0.25, 0.3) is 11.1 Å². The van der Waals surface area contributed by atoms with Crippen molar-refractivity contribution >= 4 is 5.78 Å². The standard InChI is InChI=1S/C30H27FN2O3/c1-19-16-26(31)13-14-27(19)28(17-29(32-36)25-12-15-30(35)33(3)18-25)24-10-8-23(9-11-24)22-6-4-21(5-7-22)20(2)34/h4-16,18,28-29H,17H2,1-3H3. The normalized spacial score (nSPS) is 12.7. The fraction of sp³-hybridized carbons (Fsp3) is 0.200. The molecule has 0 aliphatic heterocycles. The summed E-state index contributed by atoms with van der Waals surface area (Å²) in [6.07, 6.45) is 2.00. The number of benzene rings is 3. The van der Waals surface area contributed by atoms with E-state index in [1.54, 1.807) is 25.4 Å². The highest BCUT2D eigenvalue weighted by Gasteiger charge is 2.24. The van der Waals surface area contributed by atoms with Crippen molar-refractivity contribution in [2.75, 3.05) is 0 Å². The van der Waals surface area contributed by atoms with Gasteiger partial charge in [0, 0.05) is 30.8 Å². The second-order valence-electron chi connectivity index (χ2n) is 9.08. The lowest BCUT2D eigenvalue weighted by molar-refractivity contribution is 0.101. The Morgan fingerprint density at radius 3 is 2.08 bits per heavy atom. The van der Waals surface area contributed by atoms with Crippen molar-refractivity contribution in [3.63, 3.8) is 0 Å². The summed E-state index contributed by atoms with van der Waals surface area (Å²) in [5.41, 5.74) is 5.79. The first-order chi connectivity index (χ1) is 17.3. The molecule has 0 saturated heterocycles. The van der Waals surface area contributed by atoms with Gasteiger partial charge in [0.05, 0.1) is 0 Å². The smallest absolute Gasteiger partial charge is 0.250 e. The molecule has 182 valence electrons. The highest BCUT2D eigenvalue weighted by Crippen LogP contribution is 2.38. The monoisotopic (exact) mass is 482 g/mol. The summed E-state index contributed by atoms with van der Waals surface area (Å²) in [4.78, 5) is 35.3. The van der Waals surface area contributed by atoms with Gasteiger partial charge in [0.15, 0.2) is 5.78 Å². The summed E-state index contributed by atoms with van der Waals surface area (Å²) < 4.78 is 15.3. The predicted molar refractivity (Wildman–Crippen MR) is 140 cm³/mol. The molecule has 1 heterocycles. The first-order valence-electron chi connectivity index (χ1n) is 11.7. The van der Waals surface area contributed by atoms with Crippen LogP contribution >= 0.6 is 0 Å². The third kappa shape index (κ3) is 5.38. The lowest BCUT2D eigenvalue weighted by atomic mass is 9.82. The van der Waals surface area contributed by atoms with Gasteiger partial charge in [-0.15, -0.1) is 0 Å². The molecule has 0 aliphatic carbocycles. The third-order valence-corrected chi connectivity index (χ3v) is 6.62. The fourth-order valence-electron chi connectivity index (χ4n) is 4.55. The molecule has 0 amide bonds. The van der Waals surface area contributed by atoms with Gasteiger partial charge in [-0.2, -0.15) is 4.91 Å². The van der Waals surface area contributed by atoms with E-state index in [9.17, 15) is 18.9 Å². The molecule has 0 spiro atoms. The molecule has 0 bridgehead atoms. The Morgan fingerprint density at radius 1 is 0.917 bits per heavy atom. The molecule has 0 N–H and O–H groups in total. The van der Waals surface area contributed by atoms with Gasteiger partial charge in [-0.1, -0.05) is 59.8 Å². The Bertz CT molecular complexity index is 1460. The number of hydrogen-bond acceptors (Lipinski definition) is 4. The molecule has 0 fully saturated rings. The van der Waals surface area contributed by atoms with Crippen molar-refractivity contribution in [2.24, 2.45) is 12.2 Å². The number of ketones is 1. The van der Waals surface area contributed by atoms with Crippen molar-refractivity contribution < 1.29 is 9.18 Å². The maximum absolute atomic E-state index is 13.9. The quantitative estimate of drug-likeness (QED) is 0.206. The van der Waals surface area contributed by atoms with E-state index in [-0.39, 0.29) is 23.1 Å². The van der Waals surface area contributed by atoms with Gasteiger partial charge in [0.2, 0.25) is 5.56 Å². The summed E-state index contributed by atoms with van der Waals surface area (Å²) in [5, 5.41) is 3.39. The molecular weight excluding hydrogens is 455 g/mol. The molecule has 0 saturated carbocycles. The van der Waals surface area contributed by atoms with Crippen molar-refractivity contribution in [2.45, 2.75) is 32.2 Å². The molecule has 1 aromatic heterocycles. The van der Waals surface area contributed by atoms with E-state index in [4.69, 9.17) is 0 Å². The topological polar surface area (TPSA) is 68.5 Å². The van der Waals surface area contributed by atoms with Crippen molar-refractivity contribution in [3.05, 3.63) is 134 Å². The van der Waals surface area contributed by atoms with E-state index in [1.165, 1.54) is 29.7 Å². The van der Waals surface area contributed by atoms with E-state index < -0.39 is 6.04 Å². The van der Waals surface area contributed by atoms with E-state index >= 15 is 0 Å². The molecule has 2 unspecified atom stereocenters. The molecule has 0 radical (unpaired) electrons. The average Bonchev–Trinajstić information content (AvgIpc) is 2.87. The second-order valence-corrected chi connectivity index (χ2v) is 9.08. The van der Waals surface area contributed by atoms with Crippen LogP contribution in [-0.2, 0) is 7.05 Å². The summed E-state index contributed by atoms with van der Waals surface area (Å²) >= 11 is 0. The Balaban J connectivity index is 1.71. The number of rotatable bonds is 8. The molecule has 4 aromatic rings. The summed E-state index contributed by atoms with van der Waals surface area (Å²) in [6, 6.07) is 22.5. The Hall–Kier alpha value is -4.19. The number of aryl methyl sites for hydroxylation is 2. The molecule has 3 aromatic carbocycles. The van der Waals surface area contributed by atoms with Crippen LogP contribution in [0.15, 0.2) is 95.0 Å². The zero-order valence-electron chi connectivity index (χ0n) is 20.4. The van der Waals surface area contributed by atoms with Gasteiger partial charge in [-0.05, 0) is 71.8 Å². The van der Waals surface area contributed by atoms with E-state index in [0.717, 1.165) is 27.8 Å². The summed E-state index contributed by atoms with van der Waals surface area (Å²) in [6.45, 7) is 3.39. The lowest BCUT2D eigenvalue weighted by Gasteiger charge is -2.23. The van der Waals surface area contributed by atoms with Crippen molar-refractivity contribution in [1.29, 1.82) is 0 Å². The fourth-order valence-corrected chi connectivity index (χ4v) is 4.55. The van der Waals surface area contributed by atoms with Gasteiger partial charge in [0.1, 0.15) is 11.9 Å². The first-order valence-corrected chi connectivity index (χ1v) is 11.7. The van der Waals surface area contributed by atoms with Gasteiger partial charge in [-0.3, -0.25) is 9.59 Å². The third-order valence-electron chi connectivity index (χ3n) is 6.62. The number of aromatic nitrogens is 1. The van der Waals surface area contributed by atoms with E-state index in [2.05, 4.69) is 5.18 Å². The number of nitroso groups, excluding NO2 is 1. The molecule has 2 atom stereocenters. The second kappa shape index (κ2) is 10.6. The zero-order chi connectivity index (χ0) is 25.8. The van der Waals surface area contributed by atoms with Crippen LogP contribution in [0.1, 0.15) is 57.9 Å². The maximum Gasteiger partial charge on any atom is 0.250 e. The number of halogens is 1. The summed E-state index contributed by atoms with van der Waals surface area (Å²) in [5.74, 6) is -0.520. The molecule has 6 heteroatoms. The highest BCUT2D eigenvalue weighted by molar-refractivity contribution is 5.94. The first kappa shape index (κ1) is 24.9. The lowest BCUT2D eigenvalue weighted by Crippen LogP contribution is -2.16. The number of carbonyl (C=O) groups is 1. The van der Waals surface area contributed by atoms with Crippen LogP contribution in [0, 0.1) is 17.6 Å². The van der Waals surface area contributed by atoms with E-state index in [0.29, 0.717) is 17.5 Å². The van der Waals surface area contributed by atoms with E-state index in [1.807, 2.05) is 55.5 Å². The number of carbonyl (C=O) groups excluding carboxylic acids is 1. The Kier molecular flexibility index (Phi) is 7.34. The van der Waals surface area contributed by atoms with Gasteiger partial charge >= 0.3 is 0 Å². The van der Waals surface area contributed by atoms with Crippen LogP contribution in [0.3, 0.4) is 0 Å². The molecule has 4 rings (SSSR count). The minimum absolute atomic E-state index is 0.0197. The SMILES string of the molecule is CC(=O)c1ccc(-c2ccc(C(CC(N=O)c3ccc(=O)n(C)c3)c3ccc(F)cc3C)cc2)cc1. The minimum atomic E-state index is -0.690. The number of pyridine rings is 1. The van der Waals surface area contributed by atoms with Gasteiger partial charge in [0.25, 0.3) is 0 Å². The van der Waals surface area contributed by atoms with Gasteiger partial charge < -0.3 is 4.57 Å². The molecule has 36 heavy (non-hydrogen) atoms. The van der Waals surface area contributed by atoms with Crippen LogP contribution in [-0.4, -0.2) is 10.4 Å². The molecule has 0 aliphatic rings. The van der Waals surface area contributed by atoms with Gasteiger partial charge in [-0.25, -0.2) is 4.39 Å². The summed E-state index contributed by atoms with van der Waals surface area (Å²) in [7, 11) is 1.64. The largest absolute Gasteiger partial charge is 0.318 e. The Morgan fingerprint density at radius 2 is 1.53 bits per heavy atom. The van der Waals surface area contributed by atoms with Crippen LogP contribution < -0.4 is 5.56 Å². The van der Waals surface area contributed by atoms with Crippen LogP contribution in [0.4, 0.5) is 4.39 Å². The van der Waals surface area contributed by atoms with Crippen molar-refractivity contribution in [3.8, 4) is 11.1 Å². The number of Topliss-reactive ketones (excluding diaryl/α,β-unsaturated/α-hetero) is 1. The van der Waals surface area contributed by atoms with Crippen LogP contribution in [0.5, 0.6) is 0 Å². The average molecular weight is 483 g/mol. The maximum atomic E-state index is 13.9. The van der Waals surface area contributed by atoms with Crippen molar-refractivity contribution in [1.82, 2.24) is 4.57 Å². The number of nitrogens with zero attached hydrogens (tertiary/aromatic N) is 2. The Labute approximate surface area is 209 Å².